The van der Waals surface area contributed by atoms with Gasteiger partial charge >= 0.3 is 5.97 Å². The number of aliphatic hydroxyl groups is 1. The summed E-state index contributed by atoms with van der Waals surface area (Å²) >= 11 is 0. The van der Waals surface area contributed by atoms with Crippen LogP contribution in [-0.2, 0) is 9.63 Å². The summed E-state index contributed by atoms with van der Waals surface area (Å²) in [4.78, 5) is 13.8. The molecular formula is C6H13NO3. The molecule has 0 aliphatic heterocycles. The van der Waals surface area contributed by atoms with Crippen molar-refractivity contribution in [3.8, 4) is 0 Å². The van der Waals surface area contributed by atoms with Crippen LogP contribution in [0.2, 0.25) is 0 Å². The van der Waals surface area contributed by atoms with Gasteiger partial charge in [0.1, 0.15) is 0 Å². The molecule has 0 rings (SSSR count). The van der Waals surface area contributed by atoms with Crippen LogP contribution < -0.4 is 5.90 Å². The summed E-state index contributed by atoms with van der Waals surface area (Å²) in [6, 6.07) is 0. The van der Waals surface area contributed by atoms with E-state index in [2.05, 4.69) is 17.3 Å². The zero-order valence-electron chi connectivity index (χ0n) is 6.26. The number of aliphatic hydroxyl groups excluding tert-OH is 1. The van der Waals surface area contributed by atoms with Crippen molar-refractivity contribution in [3.63, 3.8) is 0 Å². The maximum Gasteiger partial charge on any atom is 0.351 e. The van der Waals surface area contributed by atoms with Gasteiger partial charge in [-0.25, -0.2) is 4.79 Å². The molecule has 0 aromatic heterocycles. The fraction of sp³-hybridized carbons (Fsp3) is 0.500. The molecule has 4 nitrogen and oxygen atoms in total. The minimum Gasteiger partial charge on any atom is -0.397 e. The van der Waals surface area contributed by atoms with Gasteiger partial charge in [0.05, 0.1) is 0 Å². The van der Waals surface area contributed by atoms with Crippen molar-refractivity contribution in [1.82, 2.24) is 0 Å². The van der Waals surface area contributed by atoms with Gasteiger partial charge in [-0.1, -0.05) is 6.58 Å². The highest BCUT2D eigenvalue weighted by Crippen LogP contribution is 1.85. The summed E-state index contributed by atoms with van der Waals surface area (Å²) in [5.41, 5.74) is 0.308. The molecule has 3 N–H and O–H groups in total. The van der Waals surface area contributed by atoms with Crippen molar-refractivity contribution in [1.29, 1.82) is 0 Å². The van der Waals surface area contributed by atoms with E-state index in [0.717, 1.165) is 0 Å². The van der Waals surface area contributed by atoms with Crippen LogP contribution in [0.5, 0.6) is 0 Å². The van der Waals surface area contributed by atoms with Crippen LogP contribution in [0.15, 0.2) is 12.2 Å². The van der Waals surface area contributed by atoms with E-state index in [1.54, 1.807) is 6.92 Å². The van der Waals surface area contributed by atoms with E-state index in [1.807, 2.05) is 0 Å². The van der Waals surface area contributed by atoms with Crippen LogP contribution in [0, 0.1) is 0 Å². The van der Waals surface area contributed by atoms with Crippen molar-refractivity contribution < 1.29 is 14.7 Å². The third-order valence-corrected chi connectivity index (χ3v) is 0.455. The lowest BCUT2D eigenvalue weighted by molar-refractivity contribution is -0.139. The minimum absolute atomic E-state index is 0.250. The van der Waals surface area contributed by atoms with Gasteiger partial charge < -0.3 is 9.94 Å². The maximum atomic E-state index is 10.1. The Hall–Kier alpha value is -0.870. The second kappa shape index (κ2) is 8.13. The molecule has 0 bridgehead atoms. The molecule has 0 aliphatic rings. The van der Waals surface area contributed by atoms with E-state index in [4.69, 9.17) is 5.11 Å². The molecule has 0 atom stereocenters. The van der Waals surface area contributed by atoms with E-state index in [0.29, 0.717) is 5.57 Å². The van der Waals surface area contributed by atoms with E-state index < -0.39 is 5.97 Å². The van der Waals surface area contributed by atoms with Gasteiger partial charge in [0.15, 0.2) is 0 Å². The standard InChI is InChI=1S/C4H7NO2.C2H6O/c1-3(2)4(6)7-5;1-2-3/h1,5H2,2H3;3H,2H2,1H3. The molecule has 0 unspecified atom stereocenters. The van der Waals surface area contributed by atoms with Crippen molar-refractivity contribution in [2.45, 2.75) is 13.8 Å². The number of hydrogen-bond acceptors (Lipinski definition) is 4. The zero-order chi connectivity index (χ0) is 8.57. The number of carbonyl (C=O) groups excluding carboxylic acids is 1. The highest BCUT2D eigenvalue weighted by molar-refractivity contribution is 5.86. The van der Waals surface area contributed by atoms with Gasteiger partial charge in [-0.05, 0) is 13.8 Å². The zero-order valence-corrected chi connectivity index (χ0v) is 6.26. The molecule has 0 fully saturated rings. The lowest BCUT2D eigenvalue weighted by Crippen LogP contribution is -2.09. The van der Waals surface area contributed by atoms with Gasteiger partial charge in [0, 0.05) is 12.2 Å². The number of nitrogens with two attached hydrogens (primary N) is 1. The van der Waals surface area contributed by atoms with Crippen LogP contribution >= 0.6 is 0 Å². The second-order valence-corrected chi connectivity index (χ2v) is 1.50. The highest BCUT2D eigenvalue weighted by atomic mass is 16.7. The monoisotopic (exact) mass is 147 g/mol. The van der Waals surface area contributed by atoms with Crippen LogP contribution in [0.4, 0.5) is 0 Å². The largest absolute Gasteiger partial charge is 0.397 e. The lowest BCUT2D eigenvalue weighted by Gasteiger charge is -1.90. The Bertz CT molecular complexity index is 112. The van der Waals surface area contributed by atoms with E-state index in [9.17, 15) is 4.79 Å². The summed E-state index contributed by atoms with van der Waals surface area (Å²) < 4.78 is 0. The third-order valence-electron chi connectivity index (χ3n) is 0.455. The Labute approximate surface area is 60.2 Å². The first-order valence-corrected chi connectivity index (χ1v) is 2.77. The maximum absolute atomic E-state index is 10.1. The predicted molar refractivity (Wildman–Crippen MR) is 37.9 cm³/mol. The molecule has 0 aliphatic carbocycles. The van der Waals surface area contributed by atoms with Gasteiger partial charge in [0.2, 0.25) is 0 Å². The van der Waals surface area contributed by atoms with Crippen molar-refractivity contribution in [2.24, 2.45) is 5.90 Å². The van der Waals surface area contributed by atoms with E-state index in [1.165, 1.54) is 6.92 Å². The first kappa shape index (κ1) is 11.9. The summed E-state index contributed by atoms with van der Waals surface area (Å²) in [6.45, 7) is 6.72. The molecule has 0 heterocycles. The molecule has 10 heavy (non-hydrogen) atoms. The molecule has 0 saturated carbocycles. The summed E-state index contributed by atoms with van der Waals surface area (Å²) in [7, 11) is 0. The Morgan fingerprint density at radius 3 is 2.10 bits per heavy atom. The van der Waals surface area contributed by atoms with Crippen molar-refractivity contribution in [2.75, 3.05) is 6.61 Å². The highest BCUT2D eigenvalue weighted by Gasteiger charge is 1.96. The quantitative estimate of drug-likeness (QED) is 0.404. The van der Waals surface area contributed by atoms with Crippen LogP contribution in [0.3, 0.4) is 0 Å². The first-order chi connectivity index (χ1) is 4.59. The second-order valence-electron chi connectivity index (χ2n) is 1.50. The molecule has 60 valence electrons. The Morgan fingerprint density at radius 2 is 2.10 bits per heavy atom. The van der Waals surface area contributed by atoms with Gasteiger partial charge in [-0.15, -0.1) is 0 Å². The average molecular weight is 147 g/mol. The Morgan fingerprint density at radius 1 is 1.80 bits per heavy atom. The summed E-state index contributed by atoms with van der Waals surface area (Å²) in [5.74, 6) is 3.89. The molecule has 4 heteroatoms. The van der Waals surface area contributed by atoms with E-state index in [-0.39, 0.29) is 6.61 Å². The molecule has 0 aromatic rings. The fourth-order valence-electron chi connectivity index (χ4n) is 0.101. The smallest absolute Gasteiger partial charge is 0.351 e. The molecular weight excluding hydrogens is 134 g/mol. The molecule has 0 radical (unpaired) electrons. The topological polar surface area (TPSA) is 72.5 Å². The Balaban J connectivity index is 0. The molecule has 0 amide bonds. The van der Waals surface area contributed by atoms with Crippen molar-refractivity contribution >= 4 is 5.97 Å². The van der Waals surface area contributed by atoms with Gasteiger partial charge in [-0.3, -0.25) is 0 Å². The minimum atomic E-state index is -0.569. The third kappa shape index (κ3) is 10.2. The van der Waals surface area contributed by atoms with Gasteiger partial charge in [-0.2, -0.15) is 5.90 Å². The number of carbonyl (C=O) groups is 1. The fourth-order valence-corrected chi connectivity index (χ4v) is 0.101. The SMILES string of the molecule is C=C(C)C(=O)ON.CCO. The normalized spacial score (nSPS) is 7.20. The molecule has 0 saturated heterocycles. The van der Waals surface area contributed by atoms with Crippen LogP contribution in [0.25, 0.3) is 0 Å². The van der Waals surface area contributed by atoms with Crippen LogP contribution in [0.1, 0.15) is 13.8 Å². The molecule has 0 spiro atoms. The Kier molecular flexibility index (Phi) is 9.65. The predicted octanol–water partition coefficient (Wildman–Crippen LogP) is -0.0220. The summed E-state index contributed by atoms with van der Waals surface area (Å²) in [6.07, 6.45) is 0. The average Bonchev–Trinajstić information content (AvgIpc) is 1.88. The summed E-state index contributed by atoms with van der Waals surface area (Å²) in [5, 5.41) is 7.57. The lowest BCUT2D eigenvalue weighted by atomic mass is 10.4. The molecule has 0 aromatic carbocycles. The number of hydrogen-bond donors (Lipinski definition) is 2. The van der Waals surface area contributed by atoms with Crippen LogP contribution in [-0.4, -0.2) is 17.7 Å². The number of rotatable bonds is 1. The van der Waals surface area contributed by atoms with Gasteiger partial charge in [0.25, 0.3) is 0 Å². The van der Waals surface area contributed by atoms with E-state index >= 15 is 0 Å². The van der Waals surface area contributed by atoms with Crippen molar-refractivity contribution in [3.05, 3.63) is 12.2 Å². The first-order valence-electron chi connectivity index (χ1n) is 2.77.